The molecular formula is C16H23NO2. The summed E-state index contributed by atoms with van der Waals surface area (Å²) in [7, 11) is 1.64. The molecule has 0 aromatic heterocycles. The molecule has 0 saturated heterocycles. The third-order valence-corrected chi connectivity index (χ3v) is 4.00. The highest BCUT2D eigenvalue weighted by Crippen LogP contribution is 2.24. The minimum atomic E-state index is 0.100. The molecule has 0 unspecified atom stereocenters. The lowest BCUT2D eigenvalue weighted by molar-refractivity contribution is -0.121. The predicted octanol–water partition coefficient (Wildman–Crippen LogP) is 2.93. The topological polar surface area (TPSA) is 38.3 Å². The number of amides is 1. The second-order valence-corrected chi connectivity index (χ2v) is 5.42. The summed E-state index contributed by atoms with van der Waals surface area (Å²) in [4.78, 5) is 12.1. The maximum Gasteiger partial charge on any atom is 0.224 e. The molecule has 0 aliphatic heterocycles. The minimum absolute atomic E-state index is 0.100. The molecule has 104 valence electrons. The quantitative estimate of drug-likeness (QED) is 0.905. The van der Waals surface area contributed by atoms with Crippen LogP contribution in [0.25, 0.3) is 0 Å². The van der Waals surface area contributed by atoms with E-state index < -0.39 is 0 Å². The van der Waals surface area contributed by atoms with Crippen LogP contribution < -0.4 is 10.1 Å². The maximum atomic E-state index is 12.1. The second kappa shape index (κ2) is 6.60. The summed E-state index contributed by atoms with van der Waals surface area (Å²) >= 11 is 0. The van der Waals surface area contributed by atoms with Crippen molar-refractivity contribution in [3.8, 4) is 5.75 Å². The van der Waals surface area contributed by atoms with E-state index in [9.17, 15) is 4.79 Å². The van der Waals surface area contributed by atoms with E-state index in [1.807, 2.05) is 24.3 Å². The van der Waals surface area contributed by atoms with Crippen LogP contribution >= 0.6 is 0 Å². The van der Waals surface area contributed by atoms with Crippen molar-refractivity contribution in [3.05, 3.63) is 29.8 Å². The van der Waals surface area contributed by atoms with Gasteiger partial charge in [0.1, 0.15) is 5.75 Å². The number of hydrogen-bond acceptors (Lipinski definition) is 2. The molecule has 1 saturated carbocycles. The molecule has 0 spiro atoms. The Morgan fingerprint density at radius 2 is 2.05 bits per heavy atom. The first-order valence-electron chi connectivity index (χ1n) is 7.12. The average Bonchev–Trinajstić information content (AvgIpc) is 2.42. The zero-order valence-electron chi connectivity index (χ0n) is 11.8. The summed E-state index contributed by atoms with van der Waals surface area (Å²) in [6.07, 6.45) is 5.25. The van der Waals surface area contributed by atoms with E-state index >= 15 is 0 Å². The van der Waals surface area contributed by atoms with E-state index in [1.54, 1.807) is 7.11 Å². The van der Waals surface area contributed by atoms with Crippen molar-refractivity contribution >= 4 is 5.91 Å². The van der Waals surface area contributed by atoms with E-state index in [1.165, 1.54) is 19.3 Å². The molecule has 3 nitrogen and oxygen atoms in total. The van der Waals surface area contributed by atoms with Crippen LogP contribution in [0, 0.1) is 5.92 Å². The van der Waals surface area contributed by atoms with Crippen molar-refractivity contribution in [2.45, 2.75) is 45.1 Å². The summed E-state index contributed by atoms with van der Waals surface area (Å²) in [6, 6.07) is 8.04. The molecule has 1 N–H and O–H groups in total. The van der Waals surface area contributed by atoms with Crippen LogP contribution in [0.5, 0.6) is 5.75 Å². The smallest absolute Gasteiger partial charge is 0.224 e. The lowest BCUT2D eigenvalue weighted by Crippen LogP contribution is -2.41. The molecule has 3 heteroatoms. The third kappa shape index (κ3) is 3.72. The number of nitrogens with one attached hydrogen (secondary N) is 1. The van der Waals surface area contributed by atoms with Gasteiger partial charge in [0.2, 0.25) is 5.91 Å². The van der Waals surface area contributed by atoms with E-state index in [-0.39, 0.29) is 5.91 Å². The first kappa shape index (κ1) is 13.9. The number of benzene rings is 1. The van der Waals surface area contributed by atoms with Gasteiger partial charge in [-0.05, 0) is 24.8 Å². The molecule has 1 aromatic carbocycles. The molecule has 1 aliphatic rings. The van der Waals surface area contributed by atoms with Gasteiger partial charge in [0.15, 0.2) is 0 Å². The Balaban J connectivity index is 1.93. The van der Waals surface area contributed by atoms with Gasteiger partial charge in [-0.1, -0.05) is 38.0 Å². The van der Waals surface area contributed by atoms with Crippen molar-refractivity contribution in [2.75, 3.05) is 7.11 Å². The Hall–Kier alpha value is -1.51. The van der Waals surface area contributed by atoms with Gasteiger partial charge in [-0.3, -0.25) is 4.79 Å². The molecule has 19 heavy (non-hydrogen) atoms. The number of para-hydroxylation sites is 1. The minimum Gasteiger partial charge on any atom is -0.496 e. The van der Waals surface area contributed by atoms with Crippen LogP contribution in [0.15, 0.2) is 24.3 Å². The van der Waals surface area contributed by atoms with Gasteiger partial charge in [-0.25, -0.2) is 0 Å². The number of carbonyl (C=O) groups excluding carboxylic acids is 1. The molecule has 0 bridgehead atoms. The monoisotopic (exact) mass is 261 g/mol. The van der Waals surface area contributed by atoms with E-state index in [4.69, 9.17) is 4.74 Å². The fourth-order valence-corrected chi connectivity index (χ4v) is 2.81. The van der Waals surface area contributed by atoms with Gasteiger partial charge in [-0.2, -0.15) is 0 Å². The molecule has 2 rings (SSSR count). The van der Waals surface area contributed by atoms with Crippen molar-refractivity contribution in [2.24, 2.45) is 5.92 Å². The van der Waals surface area contributed by atoms with Gasteiger partial charge in [0.25, 0.3) is 0 Å². The van der Waals surface area contributed by atoms with Crippen LogP contribution in [0.2, 0.25) is 0 Å². The molecule has 1 aliphatic carbocycles. The van der Waals surface area contributed by atoms with Gasteiger partial charge < -0.3 is 10.1 Å². The molecule has 2 atom stereocenters. The SMILES string of the molecule is COc1ccccc1CC(=O)N[C@@H]1CCCC[C@@H]1C. The normalized spacial score (nSPS) is 22.8. The summed E-state index contributed by atoms with van der Waals surface area (Å²) in [5.74, 6) is 1.48. The van der Waals surface area contributed by atoms with Crippen molar-refractivity contribution in [1.82, 2.24) is 5.32 Å². The van der Waals surface area contributed by atoms with Gasteiger partial charge in [0, 0.05) is 11.6 Å². The first-order valence-corrected chi connectivity index (χ1v) is 7.12. The van der Waals surface area contributed by atoms with Crippen LogP contribution in [0.1, 0.15) is 38.2 Å². The summed E-state index contributed by atoms with van der Waals surface area (Å²) in [6.45, 7) is 2.23. The third-order valence-electron chi connectivity index (χ3n) is 4.00. The molecular weight excluding hydrogens is 238 g/mol. The number of methoxy groups -OCH3 is 1. The van der Waals surface area contributed by atoms with Crippen LogP contribution in [-0.2, 0) is 11.2 Å². The fourth-order valence-electron chi connectivity index (χ4n) is 2.81. The van der Waals surface area contributed by atoms with Gasteiger partial charge in [-0.15, -0.1) is 0 Å². The first-order chi connectivity index (χ1) is 9.20. The summed E-state index contributed by atoms with van der Waals surface area (Å²) < 4.78 is 5.28. The lowest BCUT2D eigenvalue weighted by atomic mass is 9.86. The average molecular weight is 261 g/mol. The van der Waals surface area contributed by atoms with E-state index in [0.717, 1.165) is 17.7 Å². The zero-order valence-corrected chi connectivity index (χ0v) is 11.8. The summed E-state index contributed by atoms with van der Waals surface area (Å²) in [5, 5.41) is 3.17. The Bertz CT molecular complexity index is 431. The Morgan fingerprint density at radius 3 is 2.79 bits per heavy atom. The molecule has 0 heterocycles. The van der Waals surface area contributed by atoms with E-state index in [0.29, 0.717) is 18.4 Å². The standard InChI is InChI=1S/C16H23NO2/c1-12-7-3-5-9-14(12)17-16(18)11-13-8-4-6-10-15(13)19-2/h4,6,8,10,12,14H,3,5,7,9,11H2,1-2H3,(H,17,18)/t12-,14+/m0/s1. The number of hydrogen-bond donors (Lipinski definition) is 1. The van der Waals surface area contributed by atoms with Crippen LogP contribution in [0.4, 0.5) is 0 Å². The van der Waals surface area contributed by atoms with E-state index in [2.05, 4.69) is 12.2 Å². The number of rotatable bonds is 4. The second-order valence-electron chi connectivity index (χ2n) is 5.42. The number of ether oxygens (including phenoxy) is 1. The van der Waals surface area contributed by atoms with Crippen molar-refractivity contribution in [3.63, 3.8) is 0 Å². The fraction of sp³-hybridized carbons (Fsp3) is 0.562. The van der Waals surface area contributed by atoms with Crippen LogP contribution in [0.3, 0.4) is 0 Å². The zero-order chi connectivity index (χ0) is 13.7. The molecule has 1 amide bonds. The highest BCUT2D eigenvalue weighted by atomic mass is 16.5. The number of carbonyl (C=O) groups is 1. The summed E-state index contributed by atoms with van der Waals surface area (Å²) in [5.41, 5.74) is 0.950. The predicted molar refractivity (Wildman–Crippen MR) is 76.3 cm³/mol. The Kier molecular flexibility index (Phi) is 4.83. The molecule has 1 aromatic rings. The molecule has 0 radical (unpaired) electrons. The van der Waals surface area contributed by atoms with Crippen molar-refractivity contribution < 1.29 is 9.53 Å². The molecule has 1 fully saturated rings. The lowest BCUT2D eigenvalue weighted by Gasteiger charge is -2.29. The maximum absolute atomic E-state index is 12.1. The largest absolute Gasteiger partial charge is 0.496 e. The van der Waals surface area contributed by atoms with Gasteiger partial charge in [0.05, 0.1) is 13.5 Å². The highest BCUT2D eigenvalue weighted by Gasteiger charge is 2.22. The van der Waals surface area contributed by atoms with Crippen LogP contribution in [-0.4, -0.2) is 19.1 Å². The van der Waals surface area contributed by atoms with Gasteiger partial charge >= 0.3 is 0 Å². The highest BCUT2D eigenvalue weighted by molar-refractivity contribution is 5.79. The van der Waals surface area contributed by atoms with Crippen molar-refractivity contribution in [1.29, 1.82) is 0 Å². The Morgan fingerprint density at radius 1 is 1.32 bits per heavy atom. The Labute approximate surface area is 115 Å².